The molecule has 8 nitrogen and oxygen atoms in total. The van der Waals surface area contributed by atoms with Crippen LogP contribution in [0.2, 0.25) is 0 Å². The maximum absolute atomic E-state index is 13.5. The van der Waals surface area contributed by atoms with Crippen molar-refractivity contribution in [1.82, 2.24) is 25.6 Å². The maximum atomic E-state index is 13.5. The first-order valence-corrected chi connectivity index (χ1v) is 12.9. The highest BCUT2D eigenvalue weighted by molar-refractivity contribution is 6.09. The van der Waals surface area contributed by atoms with E-state index in [0.717, 1.165) is 53.0 Å². The number of nitrogens with zero attached hydrogens (tertiary/aromatic N) is 2. The van der Waals surface area contributed by atoms with Crippen LogP contribution < -0.4 is 15.4 Å². The first-order chi connectivity index (χ1) is 17.3. The van der Waals surface area contributed by atoms with Crippen molar-refractivity contribution in [1.29, 1.82) is 0 Å². The largest absolute Gasteiger partial charge is 0.493 e. The van der Waals surface area contributed by atoms with E-state index in [1.807, 2.05) is 26.0 Å². The molecular weight excluding hydrogens is 454 g/mol. The summed E-state index contributed by atoms with van der Waals surface area (Å²) >= 11 is 0. The number of rotatable bonds is 7. The summed E-state index contributed by atoms with van der Waals surface area (Å²) in [7, 11) is 0. The number of ether oxygens (including phenoxy) is 1. The number of nitrogens with one attached hydrogen (secondary N) is 3. The van der Waals surface area contributed by atoms with Gasteiger partial charge in [0.1, 0.15) is 23.3 Å². The van der Waals surface area contributed by atoms with Crippen molar-refractivity contribution < 1.29 is 14.3 Å². The fourth-order valence-electron chi connectivity index (χ4n) is 5.32. The lowest BCUT2D eigenvalue weighted by atomic mass is 9.82. The minimum Gasteiger partial charge on any atom is -0.493 e. The minimum atomic E-state index is -0.132. The lowest BCUT2D eigenvalue weighted by molar-refractivity contribution is -0.120. The van der Waals surface area contributed by atoms with Gasteiger partial charge in [-0.2, -0.15) is 0 Å². The van der Waals surface area contributed by atoms with Crippen LogP contribution in [0.3, 0.4) is 0 Å². The van der Waals surface area contributed by atoms with Gasteiger partial charge in [-0.3, -0.25) is 9.59 Å². The van der Waals surface area contributed by atoms with Crippen LogP contribution in [0.4, 0.5) is 0 Å². The highest BCUT2D eigenvalue weighted by Crippen LogP contribution is 2.37. The number of aryl methyl sites for hydroxylation is 2. The molecule has 2 amide bonds. The Balaban J connectivity index is 1.41. The van der Waals surface area contributed by atoms with Crippen LogP contribution in [-0.4, -0.2) is 45.5 Å². The fourth-order valence-corrected chi connectivity index (χ4v) is 5.32. The molecule has 3 N–H and O–H groups in total. The molecule has 1 aromatic carbocycles. The number of hydrogen-bond acceptors (Lipinski definition) is 5. The van der Waals surface area contributed by atoms with Crippen molar-refractivity contribution >= 4 is 22.8 Å². The average molecular weight is 490 g/mol. The molecule has 2 aromatic heterocycles. The maximum Gasteiger partial charge on any atom is 0.255 e. The smallest absolute Gasteiger partial charge is 0.255 e. The Morgan fingerprint density at radius 2 is 1.92 bits per heavy atom. The normalized spacial score (nSPS) is 21.8. The molecule has 3 atom stereocenters. The van der Waals surface area contributed by atoms with Gasteiger partial charge in [-0.05, 0) is 69.9 Å². The van der Waals surface area contributed by atoms with Crippen LogP contribution in [0, 0.1) is 25.7 Å². The predicted octanol–water partition coefficient (Wildman–Crippen LogP) is 4.45. The monoisotopic (exact) mass is 489 g/mol. The Labute approximate surface area is 211 Å². The van der Waals surface area contributed by atoms with E-state index in [-0.39, 0.29) is 29.8 Å². The highest BCUT2D eigenvalue weighted by Gasteiger charge is 2.31. The molecule has 0 radical (unpaired) electrons. The Kier molecular flexibility index (Phi) is 6.69. The van der Waals surface area contributed by atoms with Gasteiger partial charge in [0, 0.05) is 30.3 Å². The molecule has 2 saturated carbocycles. The highest BCUT2D eigenvalue weighted by atomic mass is 16.5. The quantitative estimate of drug-likeness (QED) is 0.454. The molecule has 8 heteroatoms. The fraction of sp³-hybridized carbons (Fsp3) is 0.500. The molecule has 2 aliphatic carbocycles. The van der Waals surface area contributed by atoms with Gasteiger partial charge in [0.25, 0.3) is 5.91 Å². The van der Waals surface area contributed by atoms with E-state index in [2.05, 4.69) is 38.6 Å². The van der Waals surface area contributed by atoms with Crippen LogP contribution in [0.5, 0.6) is 5.75 Å². The Morgan fingerprint density at radius 3 is 2.64 bits per heavy atom. The summed E-state index contributed by atoms with van der Waals surface area (Å²) in [4.78, 5) is 37.4. The molecule has 0 spiro atoms. The third kappa shape index (κ3) is 5.08. The third-order valence-electron chi connectivity index (χ3n) is 7.45. The van der Waals surface area contributed by atoms with E-state index in [1.165, 1.54) is 19.2 Å². The summed E-state index contributed by atoms with van der Waals surface area (Å²) < 4.78 is 6.17. The van der Waals surface area contributed by atoms with Crippen molar-refractivity contribution in [2.24, 2.45) is 11.8 Å². The van der Waals surface area contributed by atoms with Gasteiger partial charge in [-0.1, -0.05) is 18.6 Å². The molecule has 0 aliphatic heterocycles. The van der Waals surface area contributed by atoms with Gasteiger partial charge in [-0.15, -0.1) is 0 Å². The molecule has 2 aliphatic rings. The first kappa shape index (κ1) is 24.3. The van der Waals surface area contributed by atoms with Crippen molar-refractivity contribution in [2.45, 2.75) is 71.9 Å². The predicted molar refractivity (Wildman–Crippen MR) is 139 cm³/mol. The topological polar surface area (TPSA) is 109 Å². The molecule has 3 aromatic rings. The summed E-state index contributed by atoms with van der Waals surface area (Å²) in [6.07, 6.45) is 6.49. The Hall–Kier alpha value is -3.42. The second-order valence-corrected chi connectivity index (χ2v) is 10.6. The number of aromatic nitrogens is 3. The zero-order valence-electron chi connectivity index (χ0n) is 21.5. The number of aromatic amines is 1. The van der Waals surface area contributed by atoms with Gasteiger partial charge < -0.3 is 20.4 Å². The molecule has 2 fully saturated rings. The molecule has 190 valence electrons. The van der Waals surface area contributed by atoms with E-state index in [4.69, 9.17) is 4.74 Å². The number of hydrogen-bond donors (Lipinski definition) is 3. The van der Waals surface area contributed by atoms with E-state index < -0.39 is 0 Å². The molecule has 0 saturated heterocycles. The summed E-state index contributed by atoms with van der Waals surface area (Å²) in [5.41, 5.74) is 5.42. The molecule has 5 rings (SSSR count). The molecular formula is C28H35N5O3. The number of carbonyl (C=O) groups is 2. The molecule has 0 unspecified atom stereocenters. The van der Waals surface area contributed by atoms with Crippen LogP contribution in [0.25, 0.3) is 22.3 Å². The zero-order valence-corrected chi connectivity index (χ0v) is 21.5. The minimum absolute atomic E-state index is 0.00528. The number of fused-ring (bicyclic) bond motifs is 1. The number of H-pyrrole nitrogens is 1. The summed E-state index contributed by atoms with van der Waals surface area (Å²) in [5, 5.41) is 6.25. The SMILES string of the molecule is CC(=O)N[C@@H]1CC[C@@H](NC(=O)c2c(C)[nH]c3c(-c4cc(C)ccc4OCC4CC4)ncnc23)[C@H](C)C1. The molecule has 0 bridgehead atoms. The van der Waals surface area contributed by atoms with E-state index in [1.54, 1.807) is 6.92 Å². The lowest BCUT2D eigenvalue weighted by Gasteiger charge is -2.34. The summed E-state index contributed by atoms with van der Waals surface area (Å²) in [5.74, 6) is 1.56. The van der Waals surface area contributed by atoms with Crippen molar-refractivity contribution in [2.75, 3.05) is 6.61 Å². The van der Waals surface area contributed by atoms with Gasteiger partial charge in [0.05, 0.1) is 17.7 Å². The lowest BCUT2D eigenvalue weighted by Crippen LogP contribution is -2.47. The van der Waals surface area contributed by atoms with Crippen LogP contribution >= 0.6 is 0 Å². The second-order valence-electron chi connectivity index (χ2n) is 10.6. The first-order valence-electron chi connectivity index (χ1n) is 12.9. The van der Waals surface area contributed by atoms with Crippen LogP contribution in [0.1, 0.15) is 67.6 Å². The van der Waals surface area contributed by atoms with Crippen molar-refractivity contribution in [3.8, 4) is 17.0 Å². The summed E-state index contributed by atoms with van der Waals surface area (Å²) in [6, 6.07) is 6.34. The standard InChI is InChI=1S/C28H35N5O3/c1-15-5-10-23(36-13-19-6-7-19)21(11-15)25-27-26(30-14-29-25)24(17(3)31-27)28(35)33-22-9-8-20(12-16(22)2)32-18(4)34/h5,10-11,14,16,19-20,22,31H,6-9,12-13H2,1-4H3,(H,32,34)(H,33,35)/t16-,20-,22-/m1/s1. The zero-order chi connectivity index (χ0) is 25.4. The van der Waals surface area contributed by atoms with Gasteiger partial charge in [0.2, 0.25) is 5.91 Å². The molecule has 2 heterocycles. The van der Waals surface area contributed by atoms with Gasteiger partial charge in [-0.25, -0.2) is 9.97 Å². The molecule has 36 heavy (non-hydrogen) atoms. The average Bonchev–Trinajstić information content (AvgIpc) is 3.59. The van der Waals surface area contributed by atoms with E-state index in [0.29, 0.717) is 23.6 Å². The second kappa shape index (κ2) is 9.91. The van der Waals surface area contributed by atoms with E-state index in [9.17, 15) is 9.59 Å². The van der Waals surface area contributed by atoms with Gasteiger partial charge >= 0.3 is 0 Å². The third-order valence-corrected chi connectivity index (χ3v) is 7.45. The van der Waals surface area contributed by atoms with Crippen LogP contribution in [0.15, 0.2) is 24.5 Å². The van der Waals surface area contributed by atoms with Crippen molar-refractivity contribution in [3.63, 3.8) is 0 Å². The Bertz CT molecular complexity index is 1300. The number of carbonyl (C=O) groups excluding carboxylic acids is 2. The van der Waals surface area contributed by atoms with Gasteiger partial charge in [0.15, 0.2) is 0 Å². The van der Waals surface area contributed by atoms with E-state index >= 15 is 0 Å². The Morgan fingerprint density at radius 1 is 1.11 bits per heavy atom. The summed E-state index contributed by atoms with van der Waals surface area (Å²) in [6.45, 7) is 8.34. The number of amides is 2. The van der Waals surface area contributed by atoms with Crippen molar-refractivity contribution in [3.05, 3.63) is 41.3 Å². The van der Waals surface area contributed by atoms with Crippen LogP contribution in [-0.2, 0) is 4.79 Å². The number of benzene rings is 1.